The number of aromatic nitrogens is 1. The van der Waals surface area contributed by atoms with Crippen molar-refractivity contribution in [2.75, 3.05) is 18.4 Å². The number of hydrogen-bond acceptors (Lipinski definition) is 4. The van der Waals surface area contributed by atoms with E-state index in [-0.39, 0.29) is 11.8 Å². The van der Waals surface area contributed by atoms with Crippen molar-refractivity contribution in [2.45, 2.75) is 12.8 Å². The Balaban J connectivity index is 1.82. The normalized spacial score (nSPS) is 16.0. The molecule has 1 aliphatic heterocycles. The first-order valence-electron chi connectivity index (χ1n) is 5.98. The minimum absolute atomic E-state index is 0.0746. The Morgan fingerprint density at radius 2 is 1.89 bits per heavy atom. The average Bonchev–Trinajstić information content (AvgIpc) is 2.40. The van der Waals surface area contributed by atoms with Gasteiger partial charge in [-0.05, 0) is 38.1 Å². The lowest BCUT2D eigenvalue weighted by Gasteiger charge is -2.21. The topological polar surface area (TPSA) is 83.1 Å². The number of urea groups is 1. The number of amides is 3. The molecule has 6 nitrogen and oxygen atoms in total. The number of pyridine rings is 1. The van der Waals surface area contributed by atoms with Gasteiger partial charge in [0, 0.05) is 24.0 Å². The van der Waals surface area contributed by atoms with E-state index in [1.54, 1.807) is 24.5 Å². The maximum Gasteiger partial charge on any atom is 0.325 e. The third kappa shape index (κ3) is 3.53. The van der Waals surface area contributed by atoms with E-state index >= 15 is 0 Å². The zero-order valence-corrected chi connectivity index (χ0v) is 9.98. The van der Waals surface area contributed by atoms with Crippen LogP contribution in [0, 0.1) is 5.92 Å². The Bertz CT molecular complexity index is 415. The van der Waals surface area contributed by atoms with Gasteiger partial charge < -0.3 is 10.6 Å². The van der Waals surface area contributed by atoms with Gasteiger partial charge in [-0.2, -0.15) is 0 Å². The Labute approximate surface area is 105 Å². The Morgan fingerprint density at radius 3 is 2.56 bits per heavy atom. The molecular weight excluding hydrogens is 232 g/mol. The van der Waals surface area contributed by atoms with E-state index in [9.17, 15) is 9.59 Å². The van der Waals surface area contributed by atoms with Crippen molar-refractivity contribution in [3.8, 4) is 0 Å². The van der Waals surface area contributed by atoms with Crippen LogP contribution in [-0.2, 0) is 4.79 Å². The van der Waals surface area contributed by atoms with Crippen LogP contribution in [0.25, 0.3) is 0 Å². The SMILES string of the molecule is O=C(NC(=O)C1CCNCC1)Nc1ccncc1. The number of piperidine rings is 1. The number of imide groups is 1. The van der Waals surface area contributed by atoms with Crippen molar-refractivity contribution in [1.29, 1.82) is 0 Å². The summed E-state index contributed by atoms with van der Waals surface area (Å²) in [6.45, 7) is 1.65. The van der Waals surface area contributed by atoms with Gasteiger partial charge in [-0.1, -0.05) is 0 Å². The first-order chi connectivity index (χ1) is 8.75. The highest BCUT2D eigenvalue weighted by Crippen LogP contribution is 2.11. The molecule has 6 heteroatoms. The highest BCUT2D eigenvalue weighted by atomic mass is 16.2. The molecule has 2 heterocycles. The van der Waals surface area contributed by atoms with Crippen LogP contribution >= 0.6 is 0 Å². The van der Waals surface area contributed by atoms with Gasteiger partial charge in [0.25, 0.3) is 0 Å². The molecule has 1 aromatic rings. The summed E-state index contributed by atoms with van der Waals surface area (Å²) in [4.78, 5) is 27.2. The number of nitrogens with zero attached hydrogens (tertiary/aromatic N) is 1. The van der Waals surface area contributed by atoms with Crippen LogP contribution in [-0.4, -0.2) is 30.0 Å². The van der Waals surface area contributed by atoms with Crippen LogP contribution in [0.15, 0.2) is 24.5 Å². The average molecular weight is 248 g/mol. The van der Waals surface area contributed by atoms with E-state index in [4.69, 9.17) is 0 Å². The molecule has 1 aromatic heterocycles. The number of carbonyl (C=O) groups is 2. The van der Waals surface area contributed by atoms with Gasteiger partial charge in [-0.3, -0.25) is 15.1 Å². The first-order valence-corrected chi connectivity index (χ1v) is 5.98. The van der Waals surface area contributed by atoms with E-state index in [0.717, 1.165) is 25.9 Å². The smallest absolute Gasteiger partial charge is 0.317 e. The van der Waals surface area contributed by atoms with Crippen LogP contribution in [0.4, 0.5) is 10.5 Å². The Hall–Kier alpha value is -1.95. The molecule has 96 valence electrons. The number of rotatable bonds is 2. The highest BCUT2D eigenvalue weighted by Gasteiger charge is 2.22. The molecule has 0 spiro atoms. The van der Waals surface area contributed by atoms with Gasteiger partial charge in [0.05, 0.1) is 0 Å². The molecule has 0 bridgehead atoms. The summed E-state index contributed by atoms with van der Waals surface area (Å²) in [5.74, 6) is -0.280. The van der Waals surface area contributed by atoms with Crippen LogP contribution in [0.3, 0.4) is 0 Å². The molecule has 1 saturated heterocycles. The molecule has 0 unspecified atom stereocenters. The predicted octanol–water partition coefficient (Wildman–Crippen LogP) is 0.729. The first kappa shape index (κ1) is 12.5. The van der Waals surface area contributed by atoms with Crippen molar-refractivity contribution in [1.82, 2.24) is 15.6 Å². The molecule has 0 aromatic carbocycles. The molecule has 2 rings (SSSR count). The summed E-state index contributed by atoms with van der Waals surface area (Å²) in [7, 11) is 0. The molecule has 18 heavy (non-hydrogen) atoms. The Morgan fingerprint density at radius 1 is 1.22 bits per heavy atom. The summed E-state index contributed by atoms with van der Waals surface area (Å²) in [6.07, 6.45) is 4.69. The molecule has 1 fully saturated rings. The molecule has 3 N–H and O–H groups in total. The summed E-state index contributed by atoms with van der Waals surface area (Å²) < 4.78 is 0. The zero-order chi connectivity index (χ0) is 12.8. The molecule has 0 atom stereocenters. The number of nitrogens with one attached hydrogen (secondary N) is 3. The minimum Gasteiger partial charge on any atom is -0.317 e. The molecule has 0 saturated carbocycles. The molecule has 0 aliphatic carbocycles. The fraction of sp³-hybridized carbons (Fsp3) is 0.417. The number of hydrogen-bond donors (Lipinski definition) is 3. The summed E-state index contributed by atoms with van der Waals surface area (Å²) in [5.41, 5.74) is 0.612. The van der Waals surface area contributed by atoms with E-state index < -0.39 is 6.03 Å². The fourth-order valence-electron chi connectivity index (χ4n) is 1.90. The van der Waals surface area contributed by atoms with Crippen molar-refractivity contribution >= 4 is 17.6 Å². The standard InChI is InChI=1S/C12H16N4O2/c17-11(9-1-5-13-6-2-9)16-12(18)15-10-3-7-14-8-4-10/h3-4,7-9,13H,1-2,5-6H2,(H2,14,15,16,17,18). The van der Waals surface area contributed by atoms with Gasteiger partial charge in [-0.25, -0.2) is 4.79 Å². The quantitative estimate of drug-likeness (QED) is 0.720. The van der Waals surface area contributed by atoms with Crippen LogP contribution in [0.5, 0.6) is 0 Å². The molecule has 0 radical (unpaired) electrons. The van der Waals surface area contributed by atoms with Gasteiger partial charge >= 0.3 is 6.03 Å². The number of carbonyl (C=O) groups excluding carboxylic acids is 2. The summed E-state index contributed by atoms with van der Waals surface area (Å²) in [5, 5.41) is 8.12. The molecular formula is C12H16N4O2. The van der Waals surface area contributed by atoms with E-state index in [1.165, 1.54) is 0 Å². The largest absolute Gasteiger partial charge is 0.325 e. The van der Waals surface area contributed by atoms with Crippen LogP contribution in [0.1, 0.15) is 12.8 Å². The van der Waals surface area contributed by atoms with E-state index in [0.29, 0.717) is 5.69 Å². The van der Waals surface area contributed by atoms with Gasteiger partial charge in [0.15, 0.2) is 0 Å². The van der Waals surface area contributed by atoms with Gasteiger partial charge in [0.2, 0.25) is 5.91 Å². The lowest BCUT2D eigenvalue weighted by molar-refractivity contribution is -0.124. The molecule has 1 aliphatic rings. The molecule has 3 amide bonds. The maximum atomic E-state index is 11.8. The van der Waals surface area contributed by atoms with Crippen LogP contribution in [0.2, 0.25) is 0 Å². The van der Waals surface area contributed by atoms with Gasteiger partial charge in [-0.15, -0.1) is 0 Å². The van der Waals surface area contributed by atoms with E-state index in [2.05, 4.69) is 20.9 Å². The third-order valence-corrected chi connectivity index (χ3v) is 2.88. The van der Waals surface area contributed by atoms with Crippen molar-refractivity contribution in [3.05, 3.63) is 24.5 Å². The van der Waals surface area contributed by atoms with Crippen molar-refractivity contribution in [3.63, 3.8) is 0 Å². The second-order valence-electron chi connectivity index (χ2n) is 4.20. The lowest BCUT2D eigenvalue weighted by atomic mass is 9.97. The number of anilines is 1. The van der Waals surface area contributed by atoms with Gasteiger partial charge in [0.1, 0.15) is 0 Å². The Kier molecular flexibility index (Phi) is 4.25. The second kappa shape index (κ2) is 6.11. The zero-order valence-electron chi connectivity index (χ0n) is 9.98. The second-order valence-corrected chi connectivity index (χ2v) is 4.20. The fourth-order valence-corrected chi connectivity index (χ4v) is 1.90. The maximum absolute atomic E-state index is 11.8. The highest BCUT2D eigenvalue weighted by molar-refractivity contribution is 6.01. The predicted molar refractivity (Wildman–Crippen MR) is 67.0 cm³/mol. The van der Waals surface area contributed by atoms with Crippen LogP contribution < -0.4 is 16.0 Å². The third-order valence-electron chi connectivity index (χ3n) is 2.88. The van der Waals surface area contributed by atoms with Crippen molar-refractivity contribution in [2.24, 2.45) is 5.92 Å². The van der Waals surface area contributed by atoms with E-state index in [1.807, 2.05) is 0 Å². The van der Waals surface area contributed by atoms with Crippen molar-refractivity contribution < 1.29 is 9.59 Å². The summed E-state index contributed by atoms with van der Waals surface area (Å²) in [6, 6.07) is 2.83. The minimum atomic E-state index is -0.496. The lowest BCUT2D eigenvalue weighted by Crippen LogP contribution is -2.42. The summed E-state index contributed by atoms with van der Waals surface area (Å²) >= 11 is 0. The monoisotopic (exact) mass is 248 g/mol.